The molecule has 1 aliphatic carbocycles. The zero-order valence-electron chi connectivity index (χ0n) is 13.7. The molecule has 0 radical (unpaired) electrons. The van der Waals surface area contributed by atoms with Crippen LogP contribution in [0.2, 0.25) is 0 Å². The van der Waals surface area contributed by atoms with Crippen LogP contribution in [0.25, 0.3) is 0 Å². The molecule has 0 saturated heterocycles. The lowest BCUT2D eigenvalue weighted by molar-refractivity contribution is 0.301. The van der Waals surface area contributed by atoms with Crippen LogP contribution in [0.15, 0.2) is 30.3 Å². The van der Waals surface area contributed by atoms with Gasteiger partial charge >= 0.3 is 0 Å². The Balaban J connectivity index is 2.10. The summed E-state index contributed by atoms with van der Waals surface area (Å²) in [5.41, 5.74) is 2.39. The number of hydrogen-bond donors (Lipinski definition) is 1. The first-order valence-electron chi connectivity index (χ1n) is 8.27. The Morgan fingerprint density at radius 3 is 2.30 bits per heavy atom. The van der Waals surface area contributed by atoms with Gasteiger partial charge in [0.2, 0.25) is 0 Å². The molecule has 0 aliphatic heterocycles. The summed E-state index contributed by atoms with van der Waals surface area (Å²) in [6.45, 7) is 10.5. The minimum Gasteiger partial charge on any atom is -0.313 e. The van der Waals surface area contributed by atoms with E-state index < -0.39 is 0 Å². The highest BCUT2D eigenvalue weighted by Gasteiger charge is 2.50. The van der Waals surface area contributed by atoms with Crippen LogP contribution in [0, 0.1) is 5.41 Å². The Morgan fingerprint density at radius 2 is 1.80 bits per heavy atom. The van der Waals surface area contributed by atoms with Gasteiger partial charge in [0.1, 0.15) is 0 Å². The van der Waals surface area contributed by atoms with Crippen molar-refractivity contribution in [2.45, 2.75) is 71.3 Å². The molecule has 0 bridgehead atoms. The van der Waals surface area contributed by atoms with E-state index in [-0.39, 0.29) is 0 Å². The third kappa shape index (κ3) is 3.85. The second-order valence-electron chi connectivity index (χ2n) is 7.63. The lowest BCUT2D eigenvalue weighted by Gasteiger charge is -2.31. The Morgan fingerprint density at radius 1 is 1.15 bits per heavy atom. The van der Waals surface area contributed by atoms with Gasteiger partial charge in [0.15, 0.2) is 0 Å². The van der Waals surface area contributed by atoms with Crippen LogP contribution >= 0.6 is 0 Å². The van der Waals surface area contributed by atoms with E-state index in [1.54, 1.807) is 5.56 Å². The monoisotopic (exact) mass is 273 g/mol. The Kier molecular flexibility index (Phi) is 4.90. The van der Waals surface area contributed by atoms with Crippen LogP contribution in [0.1, 0.15) is 65.4 Å². The topological polar surface area (TPSA) is 12.0 Å². The summed E-state index contributed by atoms with van der Waals surface area (Å²) in [7, 11) is 0. The van der Waals surface area contributed by atoms with E-state index >= 15 is 0 Å². The van der Waals surface area contributed by atoms with Crippen molar-refractivity contribution in [1.29, 1.82) is 0 Å². The molecule has 1 N–H and O–H groups in total. The van der Waals surface area contributed by atoms with Crippen molar-refractivity contribution in [1.82, 2.24) is 5.32 Å². The number of hydrogen-bond acceptors (Lipinski definition) is 1. The van der Waals surface area contributed by atoms with E-state index in [1.807, 2.05) is 0 Å². The molecule has 1 aromatic carbocycles. The second kappa shape index (κ2) is 6.30. The van der Waals surface area contributed by atoms with Crippen LogP contribution in [0.5, 0.6) is 0 Å². The lowest BCUT2D eigenvalue weighted by atomic mass is 9.81. The average Bonchev–Trinajstić information content (AvgIpc) is 3.20. The van der Waals surface area contributed by atoms with E-state index in [2.05, 4.69) is 63.3 Å². The van der Waals surface area contributed by atoms with Crippen molar-refractivity contribution in [2.75, 3.05) is 6.54 Å². The first-order chi connectivity index (χ1) is 9.48. The first kappa shape index (κ1) is 15.6. The van der Waals surface area contributed by atoms with Gasteiger partial charge in [-0.25, -0.2) is 0 Å². The molecule has 1 heteroatoms. The summed E-state index contributed by atoms with van der Waals surface area (Å²) in [5.74, 6) is 0. The van der Waals surface area contributed by atoms with Crippen molar-refractivity contribution in [2.24, 2.45) is 5.41 Å². The predicted molar refractivity (Wildman–Crippen MR) is 88.1 cm³/mol. The molecule has 0 amide bonds. The highest BCUT2D eigenvalue weighted by molar-refractivity contribution is 5.33. The van der Waals surface area contributed by atoms with Crippen LogP contribution in [0.3, 0.4) is 0 Å². The largest absolute Gasteiger partial charge is 0.313 e. The number of nitrogens with one attached hydrogen (secondary N) is 1. The van der Waals surface area contributed by atoms with Gasteiger partial charge in [-0.1, -0.05) is 58.0 Å². The molecule has 2 rings (SSSR count). The molecule has 0 aromatic heterocycles. The fourth-order valence-corrected chi connectivity index (χ4v) is 3.21. The lowest BCUT2D eigenvalue weighted by Crippen LogP contribution is -2.41. The van der Waals surface area contributed by atoms with E-state index in [0.29, 0.717) is 16.9 Å². The summed E-state index contributed by atoms with van der Waals surface area (Å²) in [5, 5.41) is 3.84. The molecule has 1 nitrogen and oxygen atoms in total. The molecule has 0 heterocycles. The number of benzene rings is 1. The highest BCUT2D eigenvalue weighted by atomic mass is 14.9. The van der Waals surface area contributed by atoms with Gasteiger partial charge in [0.25, 0.3) is 0 Å². The van der Waals surface area contributed by atoms with Gasteiger partial charge in [0.05, 0.1) is 0 Å². The predicted octanol–water partition coefficient (Wildman–Crippen LogP) is 4.91. The SMILES string of the molecule is CCCNC(CCC(C)(C)C)C1(c2ccccc2)CC1. The molecule has 1 atom stereocenters. The third-order valence-corrected chi connectivity index (χ3v) is 4.63. The maximum atomic E-state index is 3.84. The van der Waals surface area contributed by atoms with E-state index in [0.717, 1.165) is 6.54 Å². The van der Waals surface area contributed by atoms with Gasteiger partial charge in [-0.3, -0.25) is 0 Å². The molecule has 1 saturated carbocycles. The maximum absolute atomic E-state index is 3.84. The zero-order valence-corrected chi connectivity index (χ0v) is 13.7. The van der Waals surface area contributed by atoms with Crippen molar-refractivity contribution in [3.63, 3.8) is 0 Å². The van der Waals surface area contributed by atoms with Crippen LogP contribution in [0.4, 0.5) is 0 Å². The van der Waals surface area contributed by atoms with Crippen molar-refractivity contribution in [3.05, 3.63) is 35.9 Å². The third-order valence-electron chi connectivity index (χ3n) is 4.63. The zero-order chi connectivity index (χ0) is 14.6. The molecule has 1 aliphatic rings. The first-order valence-corrected chi connectivity index (χ1v) is 8.27. The number of rotatable bonds is 7. The minimum absolute atomic E-state index is 0.418. The smallest absolute Gasteiger partial charge is 0.0164 e. The van der Waals surface area contributed by atoms with Crippen LogP contribution < -0.4 is 5.32 Å². The fourth-order valence-electron chi connectivity index (χ4n) is 3.21. The quantitative estimate of drug-likeness (QED) is 0.744. The van der Waals surface area contributed by atoms with Crippen LogP contribution in [-0.2, 0) is 5.41 Å². The summed E-state index contributed by atoms with van der Waals surface area (Å²) in [6, 6.07) is 11.8. The molecule has 1 unspecified atom stereocenters. The molecule has 0 spiro atoms. The highest BCUT2D eigenvalue weighted by Crippen LogP contribution is 2.52. The standard InChI is InChI=1S/C19H31N/c1-5-15-20-17(11-12-18(2,3)4)19(13-14-19)16-9-7-6-8-10-16/h6-10,17,20H,5,11-15H2,1-4H3. The molecule has 112 valence electrons. The van der Waals surface area contributed by atoms with Crippen molar-refractivity contribution < 1.29 is 0 Å². The van der Waals surface area contributed by atoms with E-state index in [1.165, 1.54) is 32.1 Å². The summed E-state index contributed by atoms with van der Waals surface area (Å²) >= 11 is 0. The van der Waals surface area contributed by atoms with Gasteiger partial charge < -0.3 is 5.32 Å². The van der Waals surface area contributed by atoms with Gasteiger partial charge in [-0.2, -0.15) is 0 Å². The molecular formula is C19H31N. The second-order valence-corrected chi connectivity index (χ2v) is 7.63. The summed E-state index contributed by atoms with van der Waals surface area (Å²) < 4.78 is 0. The summed E-state index contributed by atoms with van der Waals surface area (Å²) in [4.78, 5) is 0. The minimum atomic E-state index is 0.418. The normalized spacial score (nSPS) is 18.8. The van der Waals surface area contributed by atoms with Gasteiger partial charge in [0, 0.05) is 11.5 Å². The Bertz CT molecular complexity index is 398. The molecular weight excluding hydrogens is 242 g/mol. The van der Waals surface area contributed by atoms with Crippen molar-refractivity contribution in [3.8, 4) is 0 Å². The Hall–Kier alpha value is -0.820. The van der Waals surface area contributed by atoms with E-state index in [9.17, 15) is 0 Å². The van der Waals surface area contributed by atoms with Crippen molar-refractivity contribution >= 4 is 0 Å². The van der Waals surface area contributed by atoms with Gasteiger partial charge in [-0.05, 0) is 49.6 Å². The Labute approximate surface area is 125 Å². The maximum Gasteiger partial charge on any atom is 0.0164 e. The summed E-state index contributed by atoms with van der Waals surface area (Å²) in [6.07, 6.45) is 6.50. The van der Waals surface area contributed by atoms with Crippen LogP contribution in [-0.4, -0.2) is 12.6 Å². The van der Waals surface area contributed by atoms with Gasteiger partial charge in [-0.15, -0.1) is 0 Å². The fraction of sp³-hybridized carbons (Fsp3) is 0.684. The molecule has 1 aromatic rings. The average molecular weight is 273 g/mol. The van der Waals surface area contributed by atoms with E-state index in [4.69, 9.17) is 0 Å². The molecule has 1 fully saturated rings. The molecule has 20 heavy (non-hydrogen) atoms.